The Morgan fingerprint density at radius 1 is 1.07 bits per heavy atom. The molecule has 28 heavy (non-hydrogen) atoms. The number of hydrogen-bond donors (Lipinski definition) is 1. The summed E-state index contributed by atoms with van der Waals surface area (Å²) < 4.78 is 6.38. The monoisotopic (exact) mass is 396 g/mol. The van der Waals surface area contributed by atoms with Gasteiger partial charge < -0.3 is 4.74 Å². The predicted molar refractivity (Wildman–Crippen MR) is 119 cm³/mol. The Morgan fingerprint density at radius 2 is 1.89 bits per heavy atom. The molecule has 7 atom stereocenters. The van der Waals surface area contributed by atoms with E-state index in [4.69, 9.17) is 17.4 Å². The zero-order valence-corrected chi connectivity index (χ0v) is 18.5. The van der Waals surface area contributed by atoms with Gasteiger partial charge in [-0.1, -0.05) is 62.2 Å². The van der Waals surface area contributed by atoms with Crippen molar-refractivity contribution in [1.82, 2.24) is 0 Å². The van der Waals surface area contributed by atoms with Gasteiger partial charge in [0.2, 0.25) is 0 Å². The first kappa shape index (κ1) is 19.2. The maximum Gasteiger partial charge on any atom is 0.0733 e. The first-order valence-electron chi connectivity index (χ1n) is 11.5. The average molecular weight is 397 g/mol. The molecule has 0 saturated heterocycles. The van der Waals surface area contributed by atoms with Gasteiger partial charge in [0.25, 0.3) is 0 Å². The van der Waals surface area contributed by atoms with E-state index in [0.29, 0.717) is 22.7 Å². The second-order valence-electron chi connectivity index (χ2n) is 10.7. The molecule has 1 aromatic carbocycles. The average Bonchev–Trinajstić information content (AvgIpc) is 3.09. The molecule has 0 radical (unpaired) electrons. The van der Waals surface area contributed by atoms with Gasteiger partial charge >= 0.3 is 0 Å². The largest absolute Gasteiger partial charge is 0.372 e. The standard InChI is InChI=1S/C26H36OS/c1-25-13-6-9-21(25)20-11-10-19-15-23(27-17-18-7-4-3-5-8-18)24(28)16-26(19,2)22(20)12-14-25/h3-5,7-8,10,20-24,28H,6,9,11-17H2,1-2H3/t20-,21-,22+,23?,24?,25-,26-/m0/s1. The molecule has 4 aliphatic rings. The summed E-state index contributed by atoms with van der Waals surface area (Å²) in [6.07, 6.45) is 13.8. The molecule has 5 rings (SSSR count). The van der Waals surface area contributed by atoms with Crippen molar-refractivity contribution >= 4 is 12.6 Å². The highest BCUT2D eigenvalue weighted by Crippen LogP contribution is 2.65. The first-order chi connectivity index (χ1) is 13.5. The van der Waals surface area contributed by atoms with Crippen LogP contribution in [0.5, 0.6) is 0 Å². The highest BCUT2D eigenvalue weighted by molar-refractivity contribution is 7.81. The number of hydrogen-bond acceptors (Lipinski definition) is 2. The zero-order valence-electron chi connectivity index (χ0n) is 17.6. The summed E-state index contributed by atoms with van der Waals surface area (Å²) in [6.45, 7) is 5.88. The molecular formula is C26H36OS. The Bertz CT molecular complexity index is 742. The topological polar surface area (TPSA) is 9.23 Å². The van der Waals surface area contributed by atoms with Crippen LogP contribution in [0.15, 0.2) is 42.0 Å². The maximum atomic E-state index is 6.38. The van der Waals surface area contributed by atoms with Gasteiger partial charge in [0, 0.05) is 5.25 Å². The molecule has 3 fully saturated rings. The molecule has 0 aromatic heterocycles. The summed E-state index contributed by atoms with van der Waals surface area (Å²) in [7, 11) is 0. The minimum Gasteiger partial charge on any atom is -0.372 e. The van der Waals surface area contributed by atoms with E-state index in [9.17, 15) is 0 Å². The van der Waals surface area contributed by atoms with Crippen LogP contribution in [-0.2, 0) is 11.3 Å². The summed E-state index contributed by atoms with van der Waals surface area (Å²) >= 11 is 5.07. The SMILES string of the molecule is C[C@@]12CCC[C@H]1[C@@H]1CC=C3CC(OCc4ccccc4)C(S)C[C@]3(C)[C@@H]1CC2. The number of allylic oxidation sites excluding steroid dienone is 1. The van der Waals surface area contributed by atoms with Gasteiger partial charge in [0.15, 0.2) is 0 Å². The Morgan fingerprint density at radius 3 is 2.71 bits per heavy atom. The predicted octanol–water partition coefficient (Wildman–Crippen LogP) is 6.83. The fourth-order valence-corrected chi connectivity index (χ4v) is 8.19. The van der Waals surface area contributed by atoms with Crippen molar-refractivity contribution in [3.8, 4) is 0 Å². The molecule has 0 N–H and O–H groups in total. The number of fused-ring (bicyclic) bond motifs is 5. The lowest BCUT2D eigenvalue weighted by atomic mass is 9.48. The molecule has 0 aliphatic heterocycles. The van der Waals surface area contributed by atoms with Crippen LogP contribution in [0, 0.1) is 28.6 Å². The lowest BCUT2D eigenvalue weighted by Crippen LogP contribution is -2.51. The van der Waals surface area contributed by atoms with Gasteiger partial charge in [-0.3, -0.25) is 0 Å². The minimum atomic E-state index is 0.250. The number of rotatable bonds is 3. The highest BCUT2D eigenvalue weighted by atomic mass is 32.1. The first-order valence-corrected chi connectivity index (χ1v) is 12.0. The lowest BCUT2D eigenvalue weighted by molar-refractivity contribution is -0.0472. The number of thiol groups is 1. The van der Waals surface area contributed by atoms with Crippen LogP contribution in [0.1, 0.15) is 70.8 Å². The van der Waals surface area contributed by atoms with Crippen LogP contribution in [0.25, 0.3) is 0 Å². The molecule has 0 heterocycles. The molecule has 4 aliphatic carbocycles. The third-order valence-electron chi connectivity index (χ3n) is 9.20. The summed E-state index contributed by atoms with van der Waals surface area (Å²) in [4.78, 5) is 0. The second kappa shape index (κ2) is 7.20. The van der Waals surface area contributed by atoms with Gasteiger partial charge in [-0.05, 0) is 79.1 Å². The van der Waals surface area contributed by atoms with Gasteiger partial charge in [-0.2, -0.15) is 12.6 Å². The Kier molecular flexibility index (Phi) is 4.95. The summed E-state index contributed by atoms with van der Waals surface area (Å²) in [5.41, 5.74) is 3.95. The molecule has 152 valence electrons. The third-order valence-corrected chi connectivity index (χ3v) is 9.71. The quantitative estimate of drug-likeness (QED) is 0.435. The summed E-state index contributed by atoms with van der Waals surface area (Å²) in [5.74, 6) is 2.75. The minimum absolute atomic E-state index is 0.250. The van der Waals surface area contributed by atoms with E-state index in [1.807, 2.05) is 0 Å². The summed E-state index contributed by atoms with van der Waals surface area (Å²) in [5, 5.41) is 0.349. The van der Waals surface area contributed by atoms with Gasteiger partial charge in [-0.25, -0.2) is 0 Å². The lowest BCUT2D eigenvalue weighted by Gasteiger charge is -2.58. The second-order valence-corrected chi connectivity index (χ2v) is 11.3. The van der Waals surface area contributed by atoms with Crippen LogP contribution < -0.4 is 0 Å². The van der Waals surface area contributed by atoms with Crippen LogP contribution >= 0.6 is 12.6 Å². The maximum absolute atomic E-state index is 6.38. The van der Waals surface area contributed by atoms with Crippen LogP contribution in [-0.4, -0.2) is 11.4 Å². The number of ether oxygens (including phenoxy) is 1. The highest BCUT2D eigenvalue weighted by Gasteiger charge is 2.56. The van der Waals surface area contributed by atoms with Crippen molar-refractivity contribution in [3.63, 3.8) is 0 Å². The van der Waals surface area contributed by atoms with E-state index in [0.717, 1.165) is 24.2 Å². The van der Waals surface area contributed by atoms with Crippen molar-refractivity contribution in [2.45, 2.75) is 83.2 Å². The Labute approximate surface area is 176 Å². The molecule has 2 unspecified atom stereocenters. The van der Waals surface area contributed by atoms with Crippen LogP contribution in [0.4, 0.5) is 0 Å². The van der Waals surface area contributed by atoms with Crippen molar-refractivity contribution < 1.29 is 4.74 Å². The van der Waals surface area contributed by atoms with E-state index in [-0.39, 0.29) is 6.10 Å². The van der Waals surface area contributed by atoms with Crippen molar-refractivity contribution in [2.24, 2.45) is 28.6 Å². The molecule has 1 aromatic rings. The van der Waals surface area contributed by atoms with Crippen LogP contribution in [0.2, 0.25) is 0 Å². The van der Waals surface area contributed by atoms with Gasteiger partial charge in [0.05, 0.1) is 12.7 Å². The van der Waals surface area contributed by atoms with E-state index in [2.05, 4.69) is 50.3 Å². The molecule has 0 bridgehead atoms. The normalized spacial score (nSPS) is 45.0. The molecule has 0 amide bonds. The van der Waals surface area contributed by atoms with E-state index in [1.165, 1.54) is 50.5 Å². The zero-order chi connectivity index (χ0) is 19.4. The van der Waals surface area contributed by atoms with Gasteiger partial charge in [-0.15, -0.1) is 0 Å². The summed E-state index contributed by atoms with van der Waals surface area (Å²) in [6, 6.07) is 10.6. The van der Waals surface area contributed by atoms with Crippen molar-refractivity contribution in [1.29, 1.82) is 0 Å². The fourth-order valence-electron chi connectivity index (χ4n) is 7.62. The molecular weight excluding hydrogens is 360 g/mol. The smallest absolute Gasteiger partial charge is 0.0733 e. The van der Waals surface area contributed by atoms with Crippen LogP contribution in [0.3, 0.4) is 0 Å². The number of benzene rings is 1. The molecule has 3 saturated carbocycles. The molecule has 2 heteroatoms. The van der Waals surface area contributed by atoms with E-state index in [1.54, 1.807) is 5.57 Å². The van der Waals surface area contributed by atoms with E-state index >= 15 is 0 Å². The van der Waals surface area contributed by atoms with Crippen molar-refractivity contribution in [3.05, 3.63) is 47.5 Å². The molecule has 1 nitrogen and oxygen atoms in total. The van der Waals surface area contributed by atoms with E-state index < -0.39 is 0 Å². The Balaban J connectivity index is 1.33. The Hall–Kier alpha value is -0.730. The van der Waals surface area contributed by atoms with Crippen molar-refractivity contribution in [2.75, 3.05) is 0 Å². The fraction of sp³-hybridized carbons (Fsp3) is 0.692. The van der Waals surface area contributed by atoms with Gasteiger partial charge in [0.1, 0.15) is 0 Å². The molecule has 0 spiro atoms. The third kappa shape index (κ3) is 3.10.